The normalized spacial score (nSPS) is 23.1. The lowest BCUT2D eigenvalue weighted by molar-refractivity contribution is -0.121. The molecule has 3 heterocycles. The Labute approximate surface area is 160 Å². The number of nitrogens with one attached hydrogen (secondary N) is 1. The summed E-state index contributed by atoms with van der Waals surface area (Å²) in [7, 11) is 0. The van der Waals surface area contributed by atoms with E-state index >= 15 is 0 Å². The van der Waals surface area contributed by atoms with E-state index in [4.69, 9.17) is 4.42 Å². The monoisotopic (exact) mass is 377 g/mol. The maximum Gasteiger partial charge on any atom is 0.276 e. The first-order valence-electron chi connectivity index (χ1n) is 8.97. The van der Waals surface area contributed by atoms with Crippen molar-refractivity contribution in [2.45, 2.75) is 17.9 Å². The van der Waals surface area contributed by atoms with Gasteiger partial charge in [0.2, 0.25) is 5.91 Å². The van der Waals surface area contributed by atoms with E-state index in [2.05, 4.69) is 10.3 Å². The molecule has 7 heteroatoms. The number of fused-ring (bicyclic) bond motifs is 2. The standard InChI is InChI=1S/C21H16FN3O3/c22-14-7-5-13(6-8-14)18-21(15-3-1-2-4-16(15)24-20(21)27)9-10-25(18)19(26)17-11-28-12-23-17/h1-8,11-12,18H,9-10H2,(H,24,27)/t18-,21+/m0/s1. The van der Waals surface area contributed by atoms with E-state index in [1.165, 1.54) is 24.8 Å². The molecule has 3 aromatic rings. The highest BCUT2D eigenvalue weighted by Crippen LogP contribution is 2.54. The highest BCUT2D eigenvalue weighted by atomic mass is 19.1. The van der Waals surface area contributed by atoms with Crippen LogP contribution < -0.4 is 5.32 Å². The summed E-state index contributed by atoms with van der Waals surface area (Å²) in [4.78, 5) is 31.9. The number of nitrogens with zero attached hydrogens (tertiary/aromatic N) is 2. The number of likely N-dealkylation sites (tertiary alicyclic amines) is 1. The molecule has 0 bridgehead atoms. The molecule has 5 rings (SSSR count). The Kier molecular flexibility index (Phi) is 3.58. The number of aromatic nitrogens is 1. The van der Waals surface area contributed by atoms with Crippen molar-refractivity contribution in [3.63, 3.8) is 0 Å². The van der Waals surface area contributed by atoms with Crippen LogP contribution in [0.1, 0.15) is 34.1 Å². The van der Waals surface area contributed by atoms with Crippen LogP contribution in [-0.4, -0.2) is 28.2 Å². The summed E-state index contributed by atoms with van der Waals surface area (Å²) in [6.45, 7) is 0.371. The van der Waals surface area contributed by atoms with Crippen LogP contribution in [0.4, 0.5) is 10.1 Å². The Hall–Kier alpha value is -3.48. The van der Waals surface area contributed by atoms with E-state index in [0.717, 1.165) is 11.3 Å². The van der Waals surface area contributed by atoms with Gasteiger partial charge in [0, 0.05) is 12.2 Å². The van der Waals surface area contributed by atoms with Crippen LogP contribution in [-0.2, 0) is 10.2 Å². The number of hydrogen-bond donors (Lipinski definition) is 1. The Morgan fingerprint density at radius 2 is 2.00 bits per heavy atom. The smallest absolute Gasteiger partial charge is 0.276 e. The lowest BCUT2D eigenvalue weighted by Crippen LogP contribution is -2.42. The van der Waals surface area contributed by atoms with Gasteiger partial charge >= 0.3 is 0 Å². The largest absolute Gasteiger partial charge is 0.451 e. The van der Waals surface area contributed by atoms with Gasteiger partial charge in [-0.25, -0.2) is 9.37 Å². The summed E-state index contributed by atoms with van der Waals surface area (Å²) in [5.41, 5.74) is 1.53. The van der Waals surface area contributed by atoms with Gasteiger partial charge in [0.25, 0.3) is 5.91 Å². The van der Waals surface area contributed by atoms with Crippen molar-refractivity contribution >= 4 is 17.5 Å². The van der Waals surface area contributed by atoms with Crippen molar-refractivity contribution in [1.29, 1.82) is 0 Å². The van der Waals surface area contributed by atoms with Crippen LogP contribution in [0.15, 0.2) is 65.6 Å². The molecular weight excluding hydrogens is 361 g/mol. The fourth-order valence-corrected chi connectivity index (χ4v) is 4.48. The molecule has 0 aliphatic carbocycles. The second kappa shape index (κ2) is 6.02. The van der Waals surface area contributed by atoms with Crippen molar-refractivity contribution in [2.24, 2.45) is 0 Å². The second-order valence-electron chi connectivity index (χ2n) is 7.05. The van der Waals surface area contributed by atoms with Crippen LogP contribution in [0.25, 0.3) is 0 Å². The molecule has 2 aliphatic heterocycles. The number of amides is 2. The highest BCUT2D eigenvalue weighted by Gasteiger charge is 2.59. The molecule has 1 fully saturated rings. The van der Waals surface area contributed by atoms with Gasteiger partial charge < -0.3 is 14.6 Å². The fourth-order valence-electron chi connectivity index (χ4n) is 4.48. The van der Waals surface area contributed by atoms with Gasteiger partial charge in [0.1, 0.15) is 17.5 Å². The van der Waals surface area contributed by atoms with Crippen molar-refractivity contribution < 1.29 is 18.4 Å². The van der Waals surface area contributed by atoms with E-state index in [9.17, 15) is 14.0 Å². The van der Waals surface area contributed by atoms with Crippen LogP contribution in [0.2, 0.25) is 0 Å². The number of benzene rings is 2. The average molecular weight is 377 g/mol. The molecule has 0 saturated carbocycles. The van der Waals surface area contributed by atoms with Gasteiger partial charge in [0.05, 0.1) is 6.04 Å². The van der Waals surface area contributed by atoms with E-state index in [0.29, 0.717) is 18.5 Å². The number of carbonyl (C=O) groups is 2. The SMILES string of the molecule is O=C(c1cocn1)N1CC[C@]2(C(=O)Nc3ccccc32)[C@@H]1c1ccc(F)cc1. The van der Waals surface area contributed by atoms with Gasteiger partial charge in [-0.3, -0.25) is 9.59 Å². The summed E-state index contributed by atoms with van der Waals surface area (Å²) < 4.78 is 18.5. The molecule has 1 N–H and O–H groups in total. The molecule has 1 spiro atoms. The third kappa shape index (κ3) is 2.22. The van der Waals surface area contributed by atoms with Crippen molar-refractivity contribution in [1.82, 2.24) is 9.88 Å². The number of carbonyl (C=O) groups excluding carboxylic acids is 2. The van der Waals surface area contributed by atoms with E-state index < -0.39 is 11.5 Å². The summed E-state index contributed by atoms with van der Waals surface area (Å²) in [6, 6.07) is 12.9. The number of para-hydroxylation sites is 1. The van der Waals surface area contributed by atoms with Crippen LogP contribution in [0.5, 0.6) is 0 Å². The first-order chi connectivity index (χ1) is 13.6. The maximum absolute atomic E-state index is 13.6. The third-order valence-corrected chi connectivity index (χ3v) is 5.68. The molecule has 2 aliphatic rings. The van der Waals surface area contributed by atoms with Crippen LogP contribution >= 0.6 is 0 Å². The van der Waals surface area contributed by atoms with Crippen molar-refractivity contribution in [2.75, 3.05) is 11.9 Å². The van der Waals surface area contributed by atoms with Crippen molar-refractivity contribution in [3.05, 3.63) is 83.8 Å². The zero-order valence-corrected chi connectivity index (χ0v) is 14.8. The molecular formula is C21H16FN3O3. The Morgan fingerprint density at radius 3 is 2.75 bits per heavy atom. The molecule has 2 atom stereocenters. The summed E-state index contributed by atoms with van der Waals surface area (Å²) in [5.74, 6) is -0.850. The highest BCUT2D eigenvalue weighted by molar-refractivity contribution is 6.08. The number of anilines is 1. The molecule has 28 heavy (non-hydrogen) atoms. The Bertz CT molecular complexity index is 1060. The molecule has 140 valence electrons. The summed E-state index contributed by atoms with van der Waals surface area (Å²) >= 11 is 0. The fraction of sp³-hybridized carbons (Fsp3) is 0.190. The minimum absolute atomic E-state index is 0.154. The first-order valence-corrected chi connectivity index (χ1v) is 8.97. The average Bonchev–Trinajstić information content (AvgIpc) is 3.43. The molecule has 0 unspecified atom stereocenters. The van der Waals surface area contributed by atoms with E-state index in [1.807, 2.05) is 24.3 Å². The zero-order valence-electron chi connectivity index (χ0n) is 14.8. The maximum atomic E-state index is 13.6. The number of halogens is 1. The minimum atomic E-state index is -0.937. The third-order valence-electron chi connectivity index (χ3n) is 5.68. The molecule has 6 nitrogen and oxygen atoms in total. The van der Waals surface area contributed by atoms with Crippen LogP contribution in [0, 0.1) is 5.82 Å². The quantitative estimate of drug-likeness (QED) is 0.744. The molecule has 0 radical (unpaired) electrons. The van der Waals surface area contributed by atoms with E-state index in [-0.39, 0.29) is 23.3 Å². The summed E-state index contributed by atoms with van der Waals surface area (Å²) in [5, 5.41) is 2.95. The molecule has 2 aromatic carbocycles. The Balaban J connectivity index is 1.69. The lowest BCUT2D eigenvalue weighted by atomic mass is 9.72. The predicted octanol–water partition coefficient (Wildman–Crippen LogP) is 3.29. The zero-order chi connectivity index (χ0) is 19.3. The topological polar surface area (TPSA) is 75.4 Å². The van der Waals surface area contributed by atoms with Crippen molar-refractivity contribution in [3.8, 4) is 0 Å². The first kappa shape index (κ1) is 16.7. The number of oxazole rings is 1. The number of rotatable bonds is 2. The van der Waals surface area contributed by atoms with E-state index in [1.54, 1.807) is 17.0 Å². The molecule has 1 aromatic heterocycles. The number of hydrogen-bond acceptors (Lipinski definition) is 4. The Morgan fingerprint density at radius 1 is 1.21 bits per heavy atom. The van der Waals surface area contributed by atoms with Gasteiger partial charge in [-0.15, -0.1) is 0 Å². The van der Waals surface area contributed by atoms with Gasteiger partial charge in [-0.2, -0.15) is 0 Å². The van der Waals surface area contributed by atoms with Gasteiger partial charge in [0.15, 0.2) is 12.1 Å². The van der Waals surface area contributed by atoms with Gasteiger partial charge in [-0.05, 0) is 35.7 Å². The van der Waals surface area contributed by atoms with Crippen LogP contribution in [0.3, 0.4) is 0 Å². The molecule has 1 saturated heterocycles. The predicted molar refractivity (Wildman–Crippen MR) is 98.0 cm³/mol. The second-order valence-corrected chi connectivity index (χ2v) is 7.05. The summed E-state index contributed by atoms with van der Waals surface area (Å²) in [6.07, 6.45) is 2.95. The minimum Gasteiger partial charge on any atom is -0.451 e. The molecule has 2 amide bonds. The lowest BCUT2D eigenvalue weighted by Gasteiger charge is -2.34. The van der Waals surface area contributed by atoms with Gasteiger partial charge in [-0.1, -0.05) is 30.3 Å².